The zero-order valence-corrected chi connectivity index (χ0v) is 20.1. The molecule has 1 aromatic heterocycles. The van der Waals surface area contributed by atoms with Gasteiger partial charge in [0.15, 0.2) is 0 Å². The lowest BCUT2D eigenvalue weighted by Gasteiger charge is -2.45. The summed E-state index contributed by atoms with van der Waals surface area (Å²) < 4.78 is 39.4. The van der Waals surface area contributed by atoms with Crippen LogP contribution in [0.2, 0.25) is 0 Å². The van der Waals surface area contributed by atoms with Gasteiger partial charge in [0.1, 0.15) is 0 Å². The number of likely N-dealkylation sites (tertiary alicyclic amines) is 1. The number of allylic oxidation sites excluding steroid dienone is 3. The Balaban J connectivity index is 1.58. The normalized spacial score (nSPS) is 22.6. The smallest absolute Gasteiger partial charge is 0.293 e. The van der Waals surface area contributed by atoms with Crippen molar-refractivity contribution in [1.82, 2.24) is 9.88 Å². The lowest BCUT2D eigenvalue weighted by Crippen LogP contribution is -2.46. The van der Waals surface area contributed by atoms with Crippen LogP contribution in [0, 0.1) is 11.8 Å². The van der Waals surface area contributed by atoms with Gasteiger partial charge in [0, 0.05) is 24.5 Å². The van der Waals surface area contributed by atoms with E-state index in [0.717, 1.165) is 49.8 Å². The summed E-state index contributed by atoms with van der Waals surface area (Å²) in [7, 11) is 0. The van der Waals surface area contributed by atoms with Crippen molar-refractivity contribution < 1.29 is 13.2 Å². The highest BCUT2D eigenvalue weighted by molar-refractivity contribution is 5.62. The van der Waals surface area contributed by atoms with E-state index in [1.54, 1.807) is 6.20 Å². The van der Waals surface area contributed by atoms with Gasteiger partial charge < -0.3 is 0 Å². The lowest BCUT2D eigenvalue weighted by molar-refractivity contribution is -0.0889. The van der Waals surface area contributed by atoms with E-state index >= 15 is 0 Å². The molecule has 5 heteroatoms. The molecule has 0 amide bonds. The Morgan fingerprint density at radius 1 is 1.03 bits per heavy atom. The Morgan fingerprint density at radius 3 is 2.44 bits per heavy atom. The molecular formula is C29H35F3N2. The number of halogens is 3. The fourth-order valence-corrected chi connectivity index (χ4v) is 5.41. The number of pyridine rings is 1. The van der Waals surface area contributed by atoms with Crippen molar-refractivity contribution in [2.45, 2.75) is 70.6 Å². The van der Waals surface area contributed by atoms with Crippen molar-refractivity contribution in [3.8, 4) is 11.1 Å². The number of hydrogen-bond acceptors (Lipinski definition) is 2. The first-order chi connectivity index (χ1) is 16.3. The molecule has 2 aromatic rings. The first-order valence-corrected chi connectivity index (χ1v) is 12.5. The van der Waals surface area contributed by atoms with E-state index in [2.05, 4.69) is 54.1 Å². The average molecular weight is 469 g/mol. The molecule has 0 spiro atoms. The third-order valence-corrected chi connectivity index (χ3v) is 7.25. The molecule has 1 aliphatic carbocycles. The quantitative estimate of drug-likeness (QED) is 0.408. The Kier molecular flexibility index (Phi) is 7.92. The summed E-state index contributed by atoms with van der Waals surface area (Å²) in [5.74, 6) is 0.731. The van der Waals surface area contributed by atoms with Crippen LogP contribution < -0.4 is 0 Å². The van der Waals surface area contributed by atoms with E-state index in [-0.39, 0.29) is 18.0 Å². The van der Waals surface area contributed by atoms with Crippen LogP contribution in [-0.4, -0.2) is 28.6 Å². The summed E-state index contributed by atoms with van der Waals surface area (Å²) in [6.45, 7) is 5.51. The van der Waals surface area contributed by atoms with Crippen molar-refractivity contribution in [3.63, 3.8) is 0 Å². The van der Waals surface area contributed by atoms with Gasteiger partial charge in [-0.1, -0.05) is 68.8 Å². The number of aromatic nitrogens is 1. The van der Waals surface area contributed by atoms with Crippen molar-refractivity contribution in [2.24, 2.45) is 11.8 Å². The second-order valence-corrected chi connectivity index (χ2v) is 10.1. The monoisotopic (exact) mass is 468 g/mol. The molecule has 1 fully saturated rings. The van der Waals surface area contributed by atoms with Gasteiger partial charge in [0.05, 0.1) is 5.57 Å². The second-order valence-electron chi connectivity index (χ2n) is 10.1. The van der Waals surface area contributed by atoms with Crippen LogP contribution in [0.4, 0.5) is 13.2 Å². The van der Waals surface area contributed by atoms with E-state index < -0.39 is 11.7 Å². The van der Waals surface area contributed by atoms with E-state index in [9.17, 15) is 13.2 Å². The molecule has 1 aromatic carbocycles. The predicted molar refractivity (Wildman–Crippen MR) is 132 cm³/mol. The summed E-state index contributed by atoms with van der Waals surface area (Å²) in [4.78, 5) is 6.84. The number of alkyl halides is 3. The SMILES string of the molecule is CC(C)CC[C@@H](c1ccc(-c2cccnc2)cc1)N1CCCC[C@@H]1C1C=CC(C(F)(F)F)=CC1. The molecule has 3 atom stereocenters. The van der Waals surface area contributed by atoms with Crippen LogP contribution in [0.15, 0.2) is 72.6 Å². The first-order valence-electron chi connectivity index (χ1n) is 12.5. The molecule has 2 heterocycles. The molecule has 1 saturated heterocycles. The van der Waals surface area contributed by atoms with Crippen molar-refractivity contribution in [3.05, 3.63) is 78.2 Å². The fraction of sp³-hybridized carbons (Fsp3) is 0.483. The summed E-state index contributed by atoms with van der Waals surface area (Å²) >= 11 is 0. The maximum absolute atomic E-state index is 13.1. The van der Waals surface area contributed by atoms with E-state index in [1.165, 1.54) is 17.7 Å². The van der Waals surface area contributed by atoms with Crippen LogP contribution in [0.1, 0.15) is 64.0 Å². The zero-order chi connectivity index (χ0) is 24.1. The minimum absolute atomic E-state index is 0.127. The molecule has 0 radical (unpaired) electrons. The van der Waals surface area contributed by atoms with E-state index in [1.807, 2.05) is 18.3 Å². The van der Waals surface area contributed by atoms with Gasteiger partial charge in [0.2, 0.25) is 0 Å². The van der Waals surface area contributed by atoms with Gasteiger partial charge in [0.25, 0.3) is 0 Å². The van der Waals surface area contributed by atoms with Crippen LogP contribution in [0.25, 0.3) is 11.1 Å². The number of nitrogens with zero attached hydrogens (tertiary/aromatic N) is 2. The predicted octanol–water partition coefficient (Wildman–Crippen LogP) is 8.15. The van der Waals surface area contributed by atoms with Gasteiger partial charge in [-0.2, -0.15) is 13.2 Å². The summed E-state index contributed by atoms with van der Waals surface area (Å²) in [5.41, 5.74) is 3.04. The Hall–Kier alpha value is -2.40. The Morgan fingerprint density at radius 2 is 1.82 bits per heavy atom. The maximum atomic E-state index is 13.1. The van der Waals surface area contributed by atoms with Crippen LogP contribution in [-0.2, 0) is 0 Å². The van der Waals surface area contributed by atoms with Crippen LogP contribution >= 0.6 is 0 Å². The molecule has 2 nitrogen and oxygen atoms in total. The number of piperidine rings is 1. The minimum Gasteiger partial charge on any atom is -0.293 e. The summed E-state index contributed by atoms with van der Waals surface area (Å²) in [5, 5.41) is 0. The third kappa shape index (κ3) is 5.99. The largest absolute Gasteiger partial charge is 0.416 e. The molecule has 2 aliphatic rings. The lowest BCUT2D eigenvalue weighted by atomic mass is 9.82. The Bertz CT molecular complexity index is 977. The number of benzene rings is 1. The third-order valence-electron chi connectivity index (χ3n) is 7.25. The van der Waals surface area contributed by atoms with E-state index in [4.69, 9.17) is 0 Å². The van der Waals surface area contributed by atoms with E-state index in [0.29, 0.717) is 12.3 Å². The topological polar surface area (TPSA) is 16.1 Å². The second kappa shape index (κ2) is 10.9. The molecule has 0 saturated carbocycles. The highest BCUT2D eigenvalue weighted by Crippen LogP contribution is 2.40. The molecule has 1 aliphatic heterocycles. The molecule has 4 rings (SSSR count). The summed E-state index contributed by atoms with van der Waals surface area (Å²) in [6, 6.07) is 13.4. The van der Waals surface area contributed by atoms with Crippen molar-refractivity contribution >= 4 is 0 Å². The number of hydrogen-bond donors (Lipinski definition) is 0. The number of rotatable bonds is 7. The highest BCUT2D eigenvalue weighted by atomic mass is 19.4. The molecular weight excluding hydrogens is 433 g/mol. The maximum Gasteiger partial charge on any atom is 0.416 e. The first kappa shape index (κ1) is 24.7. The average Bonchev–Trinajstić information content (AvgIpc) is 2.85. The van der Waals surface area contributed by atoms with Gasteiger partial charge in [-0.15, -0.1) is 0 Å². The zero-order valence-electron chi connectivity index (χ0n) is 20.1. The molecule has 1 unspecified atom stereocenters. The highest BCUT2D eigenvalue weighted by Gasteiger charge is 2.37. The van der Waals surface area contributed by atoms with Gasteiger partial charge >= 0.3 is 6.18 Å². The summed E-state index contributed by atoms with van der Waals surface area (Å²) in [6.07, 6.45) is 9.86. The molecule has 182 valence electrons. The van der Waals surface area contributed by atoms with Crippen LogP contribution in [0.5, 0.6) is 0 Å². The molecule has 0 N–H and O–H groups in total. The standard InChI is InChI=1S/C29H35F3N2/c1-21(2)8-17-28(23-11-9-22(10-12-23)25-6-5-18-33-20-25)34-19-4-3-7-27(34)24-13-15-26(16-14-24)29(30,31)32/h5-6,9-13,15-16,18,20-21,24,27-28H,3-4,7-8,14,17,19H2,1-2H3/t24?,27-,28+/m1/s1. The molecule has 0 bridgehead atoms. The molecule has 34 heavy (non-hydrogen) atoms. The Labute approximate surface area is 201 Å². The van der Waals surface area contributed by atoms with Crippen molar-refractivity contribution in [1.29, 1.82) is 0 Å². The van der Waals surface area contributed by atoms with Gasteiger partial charge in [-0.05, 0) is 73.2 Å². The fourth-order valence-electron chi connectivity index (χ4n) is 5.41. The van der Waals surface area contributed by atoms with Gasteiger partial charge in [-0.3, -0.25) is 9.88 Å². The van der Waals surface area contributed by atoms with Gasteiger partial charge in [-0.25, -0.2) is 0 Å². The minimum atomic E-state index is -4.26. The van der Waals surface area contributed by atoms with Crippen molar-refractivity contribution in [2.75, 3.05) is 6.54 Å². The van der Waals surface area contributed by atoms with Crippen LogP contribution in [0.3, 0.4) is 0 Å².